The molecule has 0 atom stereocenters. The second kappa shape index (κ2) is 11.5. The van der Waals surface area contributed by atoms with Crippen molar-refractivity contribution >= 4 is 11.9 Å². The van der Waals surface area contributed by atoms with Gasteiger partial charge in [0, 0.05) is 12.0 Å². The van der Waals surface area contributed by atoms with Crippen molar-refractivity contribution in [3.63, 3.8) is 0 Å². The van der Waals surface area contributed by atoms with Crippen LogP contribution >= 0.6 is 0 Å². The molecule has 0 fully saturated rings. The van der Waals surface area contributed by atoms with Crippen LogP contribution in [0.25, 0.3) is 0 Å². The zero-order valence-electron chi connectivity index (χ0n) is 17.0. The molecule has 27 heavy (non-hydrogen) atoms. The van der Waals surface area contributed by atoms with Gasteiger partial charge in [0.2, 0.25) is 5.89 Å². The summed E-state index contributed by atoms with van der Waals surface area (Å²) in [6.07, 6.45) is 8.01. The lowest BCUT2D eigenvalue weighted by Gasteiger charge is -2.19. The van der Waals surface area contributed by atoms with E-state index < -0.39 is 24.1 Å². The van der Waals surface area contributed by atoms with Crippen LogP contribution in [0.1, 0.15) is 77.9 Å². The predicted octanol–water partition coefficient (Wildman–Crippen LogP) is 3.96. The fraction of sp³-hybridized carbons (Fsp3) is 0.700. The maximum atomic E-state index is 11.9. The maximum Gasteiger partial charge on any atom is 0.344 e. The van der Waals surface area contributed by atoms with Crippen molar-refractivity contribution in [2.24, 2.45) is 0 Å². The Morgan fingerprint density at radius 3 is 2.44 bits per heavy atom. The first-order chi connectivity index (χ1) is 12.7. The van der Waals surface area contributed by atoms with Gasteiger partial charge in [-0.1, -0.05) is 50.8 Å². The number of esters is 2. The summed E-state index contributed by atoms with van der Waals surface area (Å²) in [6.45, 7) is 10.6. The van der Waals surface area contributed by atoms with Gasteiger partial charge in [-0.05, 0) is 27.2 Å². The molecule has 1 heterocycles. The van der Waals surface area contributed by atoms with Crippen LogP contribution in [0.2, 0.25) is 0 Å². The summed E-state index contributed by atoms with van der Waals surface area (Å²) in [6, 6.07) is 0. The number of carbonyl (C=O) groups is 2. The Bertz CT molecular complexity index is 616. The van der Waals surface area contributed by atoms with Crippen LogP contribution < -0.4 is 0 Å². The molecule has 1 aromatic rings. The van der Waals surface area contributed by atoms with E-state index in [0.29, 0.717) is 11.7 Å². The first-order valence-electron chi connectivity index (χ1n) is 9.59. The summed E-state index contributed by atoms with van der Waals surface area (Å²) in [5, 5.41) is 3.92. The molecule has 0 radical (unpaired) electrons. The topological polar surface area (TPSA) is 91.5 Å². The lowest BCUT2D eigenvalue weighted by Crippen LogP contribution is -2.27. The number of ether oxygens (including phenoxy) is 2. The Balaban J connectivity index is 2.30. The third-order valence-electron chi connectivity index (χ3n) is 3.66. The third kappa shape index (κ3) is 10.5. The summed E-state index contributed by atoms with van der Waals surface area (Å²) < 4.78 is 15.1. The van der Waals surface area contributed by atoms with Gasteiger partial charge < -0.3 is 14.0 Å². The van der Waals surface area contributed by atoms with Gasteiger partial charge >= 0.3 is 11.9 Å². The second-order valence-electron chi connectivity index (χ2n) is 7.57. The average molecular weight is 380 g/mol. The molecule has 0 unspecified atom stereocenters. The molecule has 0 aliphatic rings. The zero-order valence-corrected chi connectivity index (χ0v) is 17.0. The minimum absolute atomic E-state index is 0.0939. The number of unbranched alkanes of at least 4 members (excludes halogenated alkanes) is 5. The Hall–Kier alpha value is -2.18. The van der Waals surface area contributed by atoms with Crippen molar-refractivity contribution in [3.05, 3.63) is 23.9 Å². The van der Waals surface area contributed by atoms with Crippen LogP contribution in [0.4, 0.5) is 0 Å². The van der Waals surface area contributed by atoms with Crippen molar-refractivity contribution in [1.29, 1.82) is 0 Å². The molecule has 0 bridgehead atoms. The second-order valence-corrected chi connectivity index (χ2v) is 7.57. The van der Waals surface area contributed by atoms with Crippen molar-refractivity contribution in [2.45, 2.75) is 84.7 Å². The molecule has 7 heteroatoms. The summed E-state index contributed by atoms with van der Waals surface area (Å²) >= 11 is 0. The fourth-order valence-electron chi connectivity index (χ4n) is 2.38. The highest BCUT2D eigenvalue weighted by molar-refractivity contribution is 5.89. The van der Waals surface area contributed by atoms with Crippen LogP contribution in [0.3, 0.4) is 0 Å². The minimum Gasteiger partial charge on any atom is -0.457 e. The highest BCUT2D eigenvalue weighted by Gasteiger charge is 2.19. The molecule has 0 saturated heterocycles. The zero-order chi connectivity index (χ0) is 20.3. The van der Waals surface area contributed by atoms with Gasteiger partial charge in [0.1, 0.15) is 5.60 Å². The molecule has 0 amide bonds. The van der Waals surface area contributed by atoms with Crippen LogP contribution in [0.5, 0.6) is 0 Å². The number of aryl methyl sites for hydroxylation is 1. The number of hydrogen-bond donors (Lipinski definition) is 0. The van der Waals surface area contributed by atoms with Crippen LogP contribution in [-0.2, 0) is 31.9 Å². The molecule has 0 spiro atoms. The SMILES string of the molecule is C=C(Cc1nc(CCCCCCCC)no1)C(=O)OCC(=O)OC(C)(C)C. The van der Waals surface area contributed by atoms with Gasteiger partial charge in [-0.25, -0.2) is 9.59 Å². The van der Waals surface area contributed by atoms with Gasteiger partial charge in [0.15, 0.2) is 12.4 Å². The van der Waals surface area contributed by atoms with E-state index >= 15 is 0 Å². The minimum atomic E-state index is -0.684. The predicted molar refractivity (Wildman–Crippen MR) is 101 cm³/mol. The van der Waals surface area contributed by atoms with E-state index in [2.05, 4.69) is 23.6 Å². The highest BCUT2D eigenvalue weighted by Crippen LogP contribution is 2.11. The van der Waals surface area contributed by atoms with Crippen molar-refractivity contribution < 1.29 is 23.6 Å². The van der Waals surface area contributed by atoms with Crippen LogP contribution in [0, 0.1) is 0 Å². The number of nitrogens with zero attached hydrogens (tertiary/aromatic N) is 2. The number of carbonyl (C=O) groups excluding carboxylic acids is 2. The van der Waals surface area contributed by atoms with Gasteiger partial charge in [-0.15, -0.1) is 0 Å². The number of rotatable bonds is 12. The van der Waals surface area contributed by atoms with Crippen molar-refractivity contribution in [2.75, 3.05) is 6.61 Å². The van der Waals surface area contributed by atoms with Crippen LogP contribution in [0.15, 0.2) is 16.7 Å². The monoisotopic (exact) mass is 380 g/mol. The molecular weight excluding hydrogens is 348 g/mol. The third-order valence-corrected chi connectivity index (χ3v) is 3.66. The summed E-state index contributed by atoms with van der Waals surface area (Å²) in [5.74, 6) is -0.343. The van der Waals surface area contributed by atoms with Gasteiger partial charge in [0.25, 0.3) is 0 Å². The molecule has 152 valence electrons. The standard InChI is InChI=1S/C20H32N2O5/c1-6-7-8-9-10-11-12-16-21-17(27-22-16)13-15(2)19(24)25-14-18(23)26-20(3,4)5/h2,6-14H2,1,3-5H3. The Labute approximate surface area is 161 Å². The van der Waals surface area contributed by atoms with Gasteiger partial charge in [0.05, 0.1) is 6.42 Å². The van der Waals surface area contributed by atoms with E-state index in [1.165, 1.54) is 25.7 Å². The number of hydrogen-bond acceptors (Lipinski definition) is 7. The van der Waals surface area contributed by atoms with E-state index in [9.17, 15) is 9.59 Å². The Morgan fingerprint density at radius 2 is 1.78 bits per heavy atom. The van der Waals surface area contributed by atoms with E-state index in [-0.39, 0.29) is 12.0 Å². The fourth-order valence-corrected chi connectivity index (χ4v) is 2.38. The first-order valence-corrected chi connectivity index (χ1v) is 9.59. The molecule has 1 aromatic heterocycles. The molecule has 7 nitrogen and oxygen atoms in total. The Kier molecular flexibility index (Phi) is 9.75. The van der Waals surface area contributed by atoms with E-state index in [1.54, 1.807) is 20.8 Å². The normalized spacial score (nSPS) is 11.3. The van der Waals surface area contributed by atoms with E-state index in [4.69, 9.17) is 14.0 Å². The van der Waals surface area contributed by atoms with Crippen molar-refractivity contribution in [3.8, 4) is 0 Å². The average Bonchev–Trinajstić information content (AvgIpc) is 3.01. The smallest absolute Gasteiger partial charge is 0.344 e. The van der Waals surface area contributed by atoms with Gasteiger partial charge in [-0.3, -0.25) is 0 Å². The molecular formula is C20H32N2O5. The van der Waals surface area contributed by atoms with Crippen molar-refractivity contribution in [1.82, 2.24) is 10.1 Å². The molecule has 0 saturated carbocycles. The summed E-state index contributed by atoms with van der Waals surface area (Å²) in [4.78, 5) is 27.7. The van der Waals surface area contributed by atoms with Crippen LogP contribution in [-0.4, -0.2) is 34.3 Å². The molecule has 0 N–H and O–H groups in total. The highest BCUT2D eigenvalue weighted by atomic mass is 16.6. The summed E-state index contributed by atoms with van der Waals surface area (Å²) in [5.41, 5.74) is -0.482. The molecule has 0 aliphatic heterocycles. The molecule has 0 aliphatic carbocycles. The lowest BCUT2D eigenvalue weighted by molar-refractivity contribution is -0.165. The molecule has 1 rings (SSSR count). The molecule has 0 aromatic carbocycles. The first kappa shape index (κ1) is 22.9. The maximum absolute atomic E-state index is 11.9. The quantitative estimate of drug-likeness (QED) is 0.308. The van der Waals surface area contributed by atoms with E-state index in [1.807, 2.05) is 0 Å². The largest absolute Gasteiger partial charge is 0.457 e. The lowest BCUT2D eigenvalue weighted by atomic mass is 10.1. The Morgan fingerprint density at radius 1 is 1.11 bits per heavy atom. The van der Waals surface area contributed by atoms with E-state index in [0.717, 1.165) is 19.3 Å². The number of aromatic nitrogens is 2. The summed E-state index contributed by atoms with van der Waals surface area (Å²) in [7, 11) is 0. The van der Waals surface area contributed by atoms with Gasteiger partial charge in [-0.2, -0.15) is 4.98 Å².